The Balaban J connectivity index is 1.90. The van der Waals surface area contributed by atoms with Crippen LogP contribution >= 0.6 is 0 Å². The van der Waals surface area contributed by atoms with Crippen LogP contribution in [-0.2, 0) is 4.79 Å². The first-order valence-electron chi connectivity index (χ1n) is 7.30. The summed E-state index contributed by atoms with van der Waals surface area (Å²) in [5.41, 5.74) is 2.17. The lowest BCUT2D eigenvalue weighted by atomic mass is 10.1. The van der Waals surface area contributed by atoms with Crippen molar-refractivity contribution in [3.05, 3.63) is 35.5 Å². The van der Waals surface area contributed by atoms with Crippen LogP contribution in [0.5, 0.6) is 0 Å². The second kappa shape index (κ2) is 5.33. The molecule has 0 atom stereocenters. The number of Topliss-reactive ketones (excluding diaryl/α,β-unsaturated/α-hetero) is 1. The largest absolute Gasteiger partial charge is 0.358 e. The van der Waals surface area contributed by atoms with Crippen LogP contribution in [0.3, 0.4) is 0 Å². The summed E-state index contributed by atoms with van der Waals surface area (Å²) in [5, 5.41) is 0.827. The maximum absolute atomic E-state index is 12.6. The highest BCUT2D eigenvalue weighted by Gasteiger charge is 2.29. The number of nitrogens with one attached hydrogen (secondary N) is 2. The van der Waals surface area contributed by atoms with Gasteiger partial charge in [-0.3, -0.25) is 9.59 Å². The van der Waals surface area contributed by atoms with E-state index in [9.17, 15) is 9.59 Å². The number of fused-ring (bicyclic) bond motifs is 1. The van der Waals surface area contributed by atoms with E-state index >= 15 is 0 Å². The van der Waals surface area contributed by atoms with Gasteiger partial charge in [0.15, 0.2) is 0 Å². The molecule has 5 heteroatoms. The summed E-state index contributed by atoms with van der Waals surface area (Å²) < 4.78 is 0. The van der Waals surface area contributed by atoms with Gasteiger partial charge in [-0.15, -0.1) is 0 Å². The van der Waals surface area contributed by atoms with Crippen molar-refractivity contribution >= 4 is 22.6 Å². The highest BCUT2D eigenvalue weighted by atomic mass is 16.2. The second-order valence-corrected chi connectivity index (χ2v) is 5.75. The van der Waals surface area contributed by atoms with Crippen LogP contribution in [0.25, 0.3) is 10.9 Å². The summed E-state index contributed by atoms with van der Waals surface area (Å²) in [7, 11) is 2.10. The standard InChI is InChI=1S/C16H19N3O2/c1-11-14(12-5-3-4-6-13(12)17-11)15(20)16(21)19-9-7-18(2)8-10-19/h3-6,17H,7-10H2,1-2H3/p+1. The summed E-state index contributed by atoms with van der Waals surface area (Å²) in [5.74, 6) is -0.778. The van der Waals surface area contributed by atoms with E-state index in [0.717, 1.165) is 29.7 Å². The van der Waals surface area contributed by atoms with Crippen LogP contribution in [0.15, 0.2) is 24.3 Å². The first-order chi connectivity index (χ1) is 10.1. The number of amides is 1. The van der Waals surface area contributed by atoms with Crippen LogP contribution in [0.4, 0.5) is 0 Å². The lowest BCUT2D eigenvalue weighted by molar-refractivity contribution is -0.883. The third-order valence-electron chi connectivity index (χ3n) is 4.22. The van der Waals surface area contributed by atoms with Crippen LogP contribution in [0, 0.1) is 6.92 Å². The van der Waals surface area contributed by atoms with Gasteiger partial charge in [-0.05, 0) is 13.0 Å². The first-order valence-corrected chi connectivity index (χ1v) is 7.30. The number of aryl methyl sites for hydroxylation is 1. The molecule has 0 radical (unpaired) electrons. The van der Waals surface area contributed by atoms with Gasteiger partial charge in [0.1, 0.15) is 0 Å². The number of hydrogen-bond donors (Lipinski definition) is 2. The van der Waals surface area contributed by atoms with Crippen molar-refractivity contribution in [2.24, 2.45) is 0 Å². The molecule has 5 nitrogen and oxygen atoms in total. The van der Waals surface area contributed by atoms with Crippen molar-refractivity contribution in [2.45, 2.75) is 6.92 Å². The summed E-state index contributed by atoms with van der Waals surface area (Å²) in [4.78, 5) is 31.3. The fourth-order valence-electron chi connectivity index (χ4n) is 2.91. The van der Waals surface area contributed by atoms with Crippen molar-refractivity contribution in [3.63, 3.8) is 0 Å². The van der Waals surface area contributed by atoms with Gasteiger partial charge in [0, 0.05) is 16.6 Å². The van der Waals surface area contributed by atoms with E-state index in [0.29, 0.717) is 18.7 Å². The van der Waals surface area contributed by atoms with Gasteiger partial charge < -0.3 is 14.8 Å². The lowest BCUT2D eigenvalue weighted by Crippen LogP contribution is -3.12. The number of H-pyrrole nitrogens is 1. The minimum Gasteiger partial charge on any atom is -0.358 e. The Kier molecular flexibility index (Phi) is 3.51. The van der Waals surface area contributed by atoms with Crippen molar-refractivity contribution in [1.29, 1.82) is 0 Å². The average molecular weight is 286 g/mol. The number of aromatic amines is 1. The molecular weight excluding hydrogens is 266 g/mol. The van der Waals surface area contributed by atoms with Crippen molar-refractivity contribution in [3.8, 4) is 0 Å². The Morgan fingerprint density at radius 3 is 2.57 bits per heavy atom. The van der Waals surface area contributed by atoms with Gasteiger partial charge in [0.2, 0.25) is 0 Å². The highest BCUT2D eigenvalue weighted by molar-refractivity contribution is 6.45. The molecule has 1 aromatic carbocycles. The van der Waals surface area contributed by atoms with E-state index in [1.807, 2.05) is 31.2 Å². The normalized spacial score (nSPS) is 16.4. The van der Waals surface area contributed by atoms with Crippen LogP contribution in [0.2, 0.25) is 0 Å². The van der Waals surface area contributed by atoms with E-state index in [-0.39, 0.29) is 5.91 Å². The molecule has 2 heterocycles. The Morgan fingerprint density at radius 1 is 1.19 bits per heavy atom. The monoisotopic (exact) mass is 286 g/mol. The van der Waals surface area contributed by atoms with E-state index in [1.165, 1.54) is 4.90 Å². The quantitative estimate of drug-likeness (QED) is 0.604. The number of nitrogens with zero attached hydrogens (tertiary/aromatic N) is 1. The molecule has 0 spiro atoms. The number of quaternary nitrogens is 1. The molecule has 1 fully saturated rings. The zero-order valence-electron chi connectivity index (χ0n) is 12.4. The molecule has 1 saturated heterocycles. The number of para-hydroxylation sites is 1. The lowest BCUT2D eigenvalue weighted by Gasteiger charge is -2.29. The van der Waals surface area contributed by atoms with Crippen molar-refractivity contribution in [2.75, 3.05) is 33.2 Å². The van der Waals surface area contributed by atoms with Gasteiger partial charge in [0.05, 0.1) is 38.8 Å². The molecule has 2 aromatic rings. The zero-order chi connectivity index (χ0) is 15.0. The zero-order valence-corrected chi connectivity index (χ0v) is 12.4. The summed E-state index contributed by atoms with van der Waals surface area (Å²) in [6.45, 7) is 4.93. The van der Waals surface area contributed by atoms with Crippen LogP contribution < -0.4 is 4.90 Å². The molecule has 3 rings (SSSR count). The third-order valence-corrected chi connectivity index (χ3v) is 4.22. The smallest absolute Gasteiger partial charge is 0.295 e. The fourth-order valence-corrected chi connectivity index (χ4v) is 2.91. The Hall–Kier alpha value is -2.14. The Bertz CT molecular complexity index is 697. The van der Waals surface area contributed by atoms with Gasteiger partial charge in [-0.25, -0.2) is 0 Å². The summed E-state index contributed by atoms with van der Waals surface area (Å²) in [6.07, 6.45) is 0. The van der Waals surface area contributed by atoms with Crippen molar-refractivity contribution < 1.29 is 14.5 Å². The summed E-state index contributed by atoms with van der Waals surface area (Å²) >= 11 is 0. The Morgan fingerprint density at radius 2 is 1.86 bits per heavy atom. The number of ketones is 1. The molecule has 0 saturated carbocycles. The summed E-state index contributed by atoms with van der Waals surface area (Å²) in [6, 6.07) is 7.60. The SMILES string of the molecule is Cc1[nH]c2ccccc2c1C(=O)C(=O)N1CC[NH+](C)CC1. The number of likely N-dealkylation sites (N-methyl/N-ethyl adjacent to an activating group) is 1. The minimum absolute atomic E-state index is 0.379. The number of benzene rings is 1. The third kappa shape index (κ3) is 2.45. The van der Waals surface area contributed by atoms with E-state index < -0.39 is 5.78 Å². The minimum atomic E-state index is -0.399. The number of carbonyl (C=O) groups excluding carboxylic acids is 2. The van der Waals surface area contributed by atoms with Gasteiger partial charge in [-0.2, -0.15) is 0 Å². The number of piperazine rings is 1. The number of carbonyl (C=O) groups is 2. The van der Waals surface area contributed by atoms with Crippen LogP contribution in [0.1, 0.15) is 16.1 Å². The number of rotatable bonds is 2. The molecular formula is C16H20N3O2+. The van der Waals surface area contributed by atoms with E-state index in [2.05, 4.69) is 12.0 Å². The van der Waals surface area contributed by atoms with Crippen molar-refractivity contribution in [1.82, 2.24) is 9.88 Å². The second-order valence-electron chi connectivity index (χ2n) is 5.75. The number of aromatic nitrogens is 1. The van der Waals surface area contributed by atoms with Gasteiger partial charge >= 0.3 is 0 Å². The molecule has 1 amide bonds. The fraction of sp³-hybridized carbons (Fsp3) is 0.375. The maximum Gasteiger partial charge on any atom is 0.295 e. The molecule has 0 aliphatic carbocycles. The Labute approximate surface area is 123 Å². The molecule has 2 N–H and O–H groups in total. The molecule has 21 heavy (non-hydrogen) atoms. The van der Waals surface area contributed by atoms with Gasteiger partial charge in [0.25, 0.3) is 11.7 Å². The predicted molar refractivity (Wildman–Crippen MR) is 80.6 cm³/mol. The number of hydrogen-bond acceptors (Lipinski definition) is 2. The molecule has 110 valence electrons. The van der Waals surface area contributed by atoms with E-state index in [4.69, 9.17) is 0 Å². The first kappa shape index (κ1) is 13.8. The molecule has 0 bridgehead atoms. The maximum atomic E-state index is 12.6. The van der Waals surface area contributed by atoms with Gasteiger partial charge in [-0.1, -0.05) is 18.2 Å². The van der Waals surface area contributed by atoms with Crippen LogP contribution in [-0.4, -0.2) is 54.8 Å². The molecule has 1 aliphatic heterocycles. The van der Waals surface area contributed by atoms with E-state index in [1.54, 1.807) is 4.90 Å². The highest BCUT2D eigenvalue weighted by Crippen LogP contribution is 2.22. The molecule has 0 unspecified atom stereocenters. The topological polar surface area (TPSA) is 57.6 Å². The molecule has 1 aromatic heterocycles. The molecule has 1 aliphatic rings. The average Bonchev–Trinajstić information content (AvgIpc) is 2.82. The predicted octanol–water partition coefficient (Wildman–Crippen LogP) is 0.0159.